The molecule has 1 N–H and O–H groups in total. The predicted octanol–water partition coefficient (Wildman–Crippen LogP) is 1.25. The number of hydrogen-bond acceptors (Lipinski definition) is 5. The largest absolute Gasteiger partial charge is 0.347 e. The number of aromatic nitrogens is 3. The summed E-state index contributed by atoms with van der Waals surface area (Å²) in [5.74, 6) is 1.86. The van der Waals surface area contributed by atoms with Gasteiger partial charge in [-0.15, -0.1) is 22.0 Å². The van der Waals surface area contributed by atoms with Gasteiger partial charge in [-0.1, -0.05) is 20.8 Å². The Morgan fingerprint density at radius 2 is 2.17 bits per heavy atom. The number of hydrogen-bond donors (Lipinski definition) is 1. The molecule has 2 rings (SSSR count). The monoisotopic (exact) mass is 339 g/mol. The third kappa shape index (κ3) is 4.70. The lowest BCUT2D eigenvalue weighted by molar-refractivity contribution is -0.139. The van der Waals surface area contributed by atoms with Crippen LogP contribution >= 0.6 is 11.8 Å². The smallest absolute Gasteiger partial charge is 0.244 e. The number of nitrogens with zero attached hydrogens (tertiary/aromatic N) is 4. The van der Waals surface area contributed by atoms with Gasteiger partial charge in [-0.2, -0.15) is 0 Å². The van der Waals surface area contributed by atoms with Crippen molar-refractivity contribution in [2.75, 3.05) is 11.6 Å². The van der Waals surface area contributed by atoms with Gasteiger partial charge >= 0.3 is 0 Å². The Hall–Kier alpha value is -1.57. The lowest BCUT2D eigenvalue weighted by Crippen LogP contribution is -2.47. The number of nitrogens with one attached hydrogen (secondary N) is 1. The first-order valence-electron chi connectivity index (χ1n) is 7.83. The first kappa shape index (κ1) is 17.8. The lowest BCUT2D eigenvalue weighted by atomic mass is 9.91. The quantitative estimate of drug-likeness (QED) is 0.873. The minimum absolute atomic E-state index is 0.0411. The van der Waals surface area contributed by atoms with Crippen LogP contribution in [0, 0.1) is 5.41 Å². The fraction of sp³-hybridized carbons (Fsp3) is 0.733. The van der Waals surface area contributed by atoms with Crippen LogP contribution in [0.15, 0.2) is 6.33 Å². The molecule has 1 aliphatic heterocycles. The van der Waals surface area contributed by atoms with Crippen molar-refractivity contribution in [2.45, 2.75) is 53.2 Å². The molecule has 1 atom stereocenters. The normalized spacial score (nSPS) is 18.3. The van der Waals surface area contributed by atoms with Crippen molar-refractivity contribution >= 4 is 23.6 Å². The summed E-state index contributed by atoms with van der Waals surface area (Å²) in [4.78, 5) is 26.6. The molecule has 128 valence electrons. The summed E-state index contributed by atoms with van der Waals surface area (Å²) in [6, 6.07) is -0.396. The Kier molecular flexibility index (Phi) is 5.67. The van der Waals surface area contributed by atoms with E-state index in [1.807, 2.05) is 32.3 Å². The third-order valence-corrected chi connectivity index (χ3v) is 4.66. The zero-order chi connectivity index (χ0) is 17.0. The van der Waals surface area contributed by atoms with Gasteiger partial charge in [0.25, 0.3) is 0 Å². The minimum atomic E-state index is -0.396. The molecule has 2 amide bonds. The fourth-order valence-electron chi connectivity index (χ4n) is 2.42. The van der Waals surface area contributed by atoms with Crippen molar-refractivity contribution < 1.29 is 9.59 Å². The number of carbonyl (C=O) groups is 2. The van der Waals surface area contributed by atoms with Crippen molar-refractivity contribution in [1.29, 1.82) is 0 Å². The number of aryl methyl sites for hydroxylation is 1. The van der Waals surface area contributed by atoms with E-state index in [-0.39, 0.29) is 17.2 Å². The second-order valence-electron chi connectivity index (χ2n) is 6.87. The van der Waals surface area contributed by atoms with E-state index in [4.69, 9.17) is 0 Å². The summed E-state index contributed by atoms with van der Waals surface area (Å²) in [7, 11) is 0. The molecule has 1 saturated heterocycles. The molecular formula is C15H25N5O2S. The zero-order valence-corrected chi connectivity index (χ0v) is 15.0. The Morgan fingerprint density at radius 1 is 1.43 bits per heavy atom. The average molecular weight is 339 g/mol. The van der Waals surface area contributed by atoms with Crippen LogP contribution in [0.4, 0.5) is 0 Å². The van der Waals surface area contributed by atoms with Crippen molar-refractivity contribution in [3.05, 3.63) is 12.2 Å². The molecule has 0 bridgehead atoms. The van der Waals surface area contributed by atoms with Crippen LogP contribution in [-0.4, -0.2) is 49.2 Å². The maximum atomic E-state index is 12.4. The van der Waals surface area contributed by atoms with Crippen LogP contribution < -0.4 is 5.32 Å². The molecule has 1 aromatic heterocycles. The molecule has 1 aliphatic rings. The van der Waals surface area contributed by atoms with Gasteiger partial charge < -0.3 is 14.8 Å². The highest BCUT2D eigenvalue weighted by molar-refractivity contribution is 7.99. The van der Waals surface area contributed by atoms with E-state index in [1.165, 1.54) is 0 Å². The molecule has 7 nitrogen and oxygen atoms in total. The molecule has 0 aliphatic carbocycles. The molecule has 0 saturated carbocycles. The van der Waals surface area contributed by atoms with Crippen LogP contribution in [0.5, 0.6) is 0 Å². The van der Waals surface area contributed by atoms with E-state index in [1.54, 1.807) is 23.0 Å². The maximum Gasteiger partial charge on any atom is 0.244 e. The van der Waals surface area contributed by atoms with E-state index >= 15 is 0 Å². The summed E-state index contributed by atoms with van der Waals surface area (Å²) in [5, 5.41) is 10.7. The summed E-state index contributed by atoms with van der Waals surface area (Å²) in [6.07, 6.45) is 2.09. The van der Waals surface area contributed by atoms with E-state index in [9.17, 15) is 9.59 Å². The summed E-state index contributed by atoms with van der Waals surface area (Å²) >= 11 is 1.62. The van der Waals surface area contributed by atoms with E-state index in [0.29, 0.717) is 24.6 Å². The molecule has 0 radical (unpaired) electrons. The average Bonchev–Trinajstić information content (AvgIpc) is 3.11. The molecule has 1 aromatic rings. The van der Waals surface area contributed by atoms with Gasteiger partial charge in [0.15, 0.2) is 5.82 Å². The van der Waals surface area contributed by atoms with Crippen LogP contribution in [0.25, 0.3) is 0 Å². The van der Waals surface area contributed by atoms with Gasteiger partial charge in [0.1, 0.15) is 12.4 Å². The summed E-state index contributed by atoms with van der Waals surface area (Å²) < 4.78 is 1.88. The van der Waals surface area contributed by atoms with Crippen molar-refractivity contribution in [3.63, 3.8) is 0 Å². The van der Waals surface area contributed by atoms with Crippen molar-refractivity contribution in [3.8, 4) is 0 Å². The highest BCUT2D eigenvalue weighted by Gasteiger charge is 2.35. The topological polar surface area (TPSA) is 80.1 Å². The standard InChI is InChI=1S/C15H25N5O2S/c1-5-19-9-17-18-12(19)7-16-14(22)11-8-23-10-20(11)13(21)6-15(2,3)4/h9,11H,5-8,10H2,1-4H3,(H,16,22). The molecular weight excluding hydrogens is 314 g/mol. The first-order chi connectivity index (χ1) is 10.8. The van der Waals surface area contributed by atoms with Crippen LogP contribution in [0.2, 0.25) is 0 Å². The van der Waals surface area contributed by atoms with Gasteiger partial charge in [-0.25, -0.2) is 0 Å². The molecule has 23 heavy (non-hydrogen) atoms. The number of rotatable bonds is 5. The summed E-state index contributed by atoms with van der Waals surface area (Å²) in [5.41, 5.74) is -0.0804. The van der Waals surface area contributed by atoms with Gasteiger partial charge in [0.05, 0.1) is 12.4 Å². The zero-order valence-electron chi connectivity index (χ0n) is 14.2. The predicted molar refractivity (Wildman–Crippen MR) is 89.6 cm³/mol. The third-order valence-electron chi connectivity index (χ3n) is 3.64. The Balaban J connectivity index is 1.94. The number of carbonyl (C=O) groups excluding carboxylic acids is 2. The van der Waals surface area contributed by atoms with Crippen molar-refractivity contribution in [1.82, 2.24) is 25.0 Å². The number of thioether (sulfide) groups is 1. The fourth-order valence-corrected chi connectivity index (χ4v) is 3.61. The highest BCUT2D eigenvalue weighted by atomic mass is 32.2. The van der Waals surface area contributed by atoms with Gasteiger partial charge in [0.2, 0.25) is 11.8 Å². The second-order valence-corrected chi connectivity index (χ2v) is 7.87. The molecule has 0 aromatic carbocycles. The SMILES string of the molecule is CCn1cnnc1CNC(=O)C1CSCN1C(=O)CC(C)(C)C. The van der Waals surface area contributed by atoms with Gasteiger partial charge in [-0.05, 0) is 12.3 Å². The first-order valence-corrected chi connectivity index (χ1v) is 8.99. The van der Waals surface area contributed by atoms with E-state index in [0.717, 1.165) is 12.4 Å². The van der Waals surface area contributed by atoms with Gasteiger partial charge in [0, 0.05) is 18.7 Å². The van der Waals surface area contributed by atoms with Crippen LogP contribution in [0.3, 0.4) is 0 Å². The van der Waals surface area contributed by atoms with E-state index < -0.39 is 6.04 Å². The van der Waals surface area contributed by atoms with Crippen LogP contribution in [0.1, 0.15) is 39.9 Å². The molecule has 8 heteroatoms. The molecule has 1 unspecified atom stereocenters. The van der Waals surface area contributed by atoms with Crippen LogP contribution in [-0.2, 0) is 22.7 Å². The Bertz CT molecular complexity index is 566. The minimum Gasteiger partial charge on any atom is -0.347 e. The Labute approximate surface area is 141 Å². The number of amides is 2. The highest BCUT2D eigenvalue weighted by Crippen LogP contribution is 2.26. The van der Waals surface area contributed by atoms with Gasteiger partial charge in [-0.3, -0.25) is 9.59 Å². The van der Waals surface area contributed by atoms with E-state index in [2.05, 4.69) is 15.5 Å². The molecule has 0 spiro atoms. The maximum absolute atomic E-state index is 12.4. The lowest BCUT2D eigenvalue weighted by Gasteiger charge is -2.26. The van der Waals surface area contributed by atoms with Crippen molar-refractivity contribution in [2.24, 2.45) is 5.41 Å². The second kappa shape index (κ2) is 7.33. The molecule has 2 heterocycles. The summed E-state index contributed by atoms with van der Waals surface area (Å²) in [6.45, 7) is 9.17. The molecule has 1 fully saturated rings. The Morgan fingerprint density at radius 3 is 2.83 bits per heavy atom.